The minimum Gasteiger partial charge on any atom is -0.308 e. The smallest absolute Gasteiger partial charge is 0.308 e. The minimum absolute atomic E-state index is 0.0161. The van der Waals surface area contributed by atoms with Gasteiger partial charge in [-0.2, -0.15) is 0 Å². The number of hydrogen-bond donors (Lipinski definition) is 0. The van der Waals surface area contributed by atoms with Crippen molar-refractivity contribution in [2.75, 3.05) is 19.4 Å². The van der Waals surface area contributed by atoms with E-state index in [-0.39, 0.29) is 5.41 Å². The Bertz CT molecular complexity index is 267. The maximum atomic E-state index is 12.0. The molecule has 0 N–H and O–H groups in total. The van der Waals surface area contributed by atoms with Gasteiger partial charge in [0.05, 0.1) is 19.4 Å². The van der Waals surface area contributed by atoms with Crippen molar-refractivity contribution in [2.45, 2.75) is 27.7 Å². The third kappa shape index (κ3) is 3.23. The highest BCUT2D eigenvalue weighted by Gasteiger charge is 2.36. The predicted octanol–water partition coefficient (Wildman–Crippen LogP) is 3.22. The second-order valence-corrected chi connectivity index (χ2v) is 6.67. The average Bonchev–Trinajstić information content (AvgIpc) is 2.11. The van der Waals surface area contributed by atoms with E-state index in [2.05, 4.69) is 0 Å². The van der Waals surface area contributed by atoms with Gasteiger partial charge in [-0.15, -0.1) is 0 Å². The molecule has 1 aliphatic heterocycles. The first-order valence-electron chi connectivity index (χ1n) is 4.87. The zero-order chi connectivity index (χ0) is 10.8. The molecule has 3 nitrogen and oxygen atoms in total. The molecule has 4 heteroatoms. The van der Waals surface area contributed by atoms with Crippen molar-refractivity contribution >= 4 is 7.60 Å². The van der Waals surface area contributed by atoms with E-state index in [1.54, 1.807) is 0 Å². The normalized spacial score (nSPS) is 26.1. The summed E-state index contributed by atoms with van der Waals surface area (Å²) in [6.07, 6.45) is 2.35. The molecule has 1 heterocycles. The molecular weight excluding hydrogens is 199 g/mol. The van der Waals surface area contributed by atoms with Crippen LogP contribution < -0.4 is 0 Å². The number of rotatable bonds is 2. The summed E-state index contributed by atoms with van der Waals surface area (Å²) in [5.41, 5.74) is 1.03. The monoisotopic (exact) mass is 218 g/mol. The van der Waals surface area contributed by atoms with Crippen LogP contribution in [0.2, 0.25) is 0 Å². The van der Waals surface area contributed by atoms with Crippen molar-refractivity contribution in [2.24, 2.45) is 5.41 Å². The van der Waals surface area contributed by atoms with E-state index in [0.29, 0.717) is 19.4 Å². The molecule has 0 aromatic rings. The van der Waals surface area contributed by atoms with E-state index in [4.69, 9.17) is 9.05 Å². The van der Waals surface area contributed by atoms with Crippen molar-refractivity contribution in [1.29, 1.82) is 0 Å². The number of hydrogen-bond acceptors (Lipinski definition) is 3. The first-order chi connectivity index (χ1) is 6.37. The summed E-state index contributed by atoms with van der Waals surface area (Å²) < 4.78 is 22.7. The fraction of sp³-hybridized carbons (Fsp3) is 0.800. The Kier molecular flexibility index (Phi) is 3.57. The fourth-order valence-corrected chi connectivity index (χ4v) is 3.26. The van der Waals surface area contributed by atoms with Crippen LogP contribution in [0.5, 0.6) is 0 Å². The molecule has 0 saturated carbocycles. The van der Waals surface area contributed by atoms with Gasteiger partial charge >= 0.3 is 7.60 Å². The lowest BCUT2D eigenvalue weighted by Crippen LogP contribution is -2.30. The second kappa shape index (κ2) is 4.18. The van der Waals surface area contributed by atoms with E-state index in [0.717, 1.165) is 5.57 Å². The molecule has 0 aliphatic carbocycles. The zero-order valence-electron chi connectivity index (χ0n) is 9.37. The molecule has 0 aromatic carbocycles. The van der Waals surface area contributed by atoms with Gasteiger partial charge in [0.15, 0.2) is 0 Å². The SMILES string of the molecule is CC=C(C)CP1(=O)OCC(C)(C)CO1. The molecule has 1 rings (SSSR count). The Balaban J connectivity index is 2.59. The van der Waals surface area contributed by atoms with Crippen LogP contribution in [-0.4, -0.2) is 19.4 Å². The average molecular weight is 218 g/mol. The summed E-state index contributed by atoms with van der Waals surface area (Å²) in [5, 5.41) is 0. The largest absolute Gasteiger partial charge is 0.334 e. The third-order valence-electron chi connectivity index (χ3n) is 2.24. The van der Waals surface area contributed by atoms with Gasteiger partial charge in [-0.1, -0.05) is 25.5 Å². The highest BCUT2D eigenvalue weighted by molar-refractivity contribution is 7.54. The van der Waals surface area contributed by atoms with Crippen molar-refractivity contribution in [3.8, 4) is 0 Å². The molecule has 0 bridgehead atoms. The van der Waals surface area contributed by atoms with Gasteiger partial charge in [0.1, 0.15) is 0 Å². The molecule has 1 saturated heterocycles. The molecule has 0 atom stereocenters. The van der Waals surface area contributed by atoms with Crippen LogP contribution in [0.4, 0.5) is 0 Å². The zero-order valence-corrected chi connectivity index (χ0v) is 10.3. The summed E-state index contributed by atoms with van der Waals surface area (Å²) in [4.78, 5) is 0. The highest BCUT2D eigenvalue weighted by Crippen LogP contribution is 2.54. The lowest BCUT2D eigenvalue weighted by molar-refractivity contribution is 0.0423. The molecule has 0 spiro atoms. The van der Waals surface area contributed by atoms with E-state index in [9.17, 15) is 4.57 Å². The highest BCUT2D eigenvalue weighted by atomic mass is 31.2. The first kappa shape index (κ1) is 12.0. The van der Waals surface area contributed by atoms with Gasteiger partial charge in [0, 0.05) is 5.41 Å². The molecule has 0 radical (unpaired) electrons. The van der Waals surface area contributed by atoms with Crippen LogP contribution in [0.25, 0.3) is 0 Å². The van der Waals surface area contributed by atoms with Crippen LogP contribution in [0.1, 0.15) is 27.7 Å². The summed E-state index contributed by atoms with van der Waals surface area (Å²) in [6.45, 7) is 8.97. The Morgan fingerprint density at radius 3 is 2.36 bits per heavy atom. The molecule has 1 aliphatic rings. The van der Waals surface area contributed by atoms with Crippen LogP contribution in [-0.2, 0) is 13.6 Å². The van der Waals surface area contributed by atoms with Crippen LogP contribution in [0, 0.1) is 5.41 Å². The maximum Gasteiger partial charge on any atom is 0.334 e. The quantitative estimate of drug-likeness (QED) is 0.527. The third-order valence-corrected chi connectivity index (χ3v) is 4.17. The van der Waals surface area contributed by atoms with E-state index >= 15 is 0 Å². The predicted molar refractivity (Wildman–Crippen MR) is 57.6 cm³/mol. The van der Waals surface area contributed by atoms with Gasteiger partial charge < -0.3 is 9.05 Å². The van der Waals surface area contributed by atoms with Gasteiger partial charge in [-0.05, 0) is 13.8 Å². The van der Waals surface area contributed by atoms with Gasteiger partial charge in [-0.25, -0.2) is 0 Å². The van der Waals surface area contributed by atoms with Gasteiger partial charge in [-0.3, -0.25) is 4.57 Å². The minimum atomic E-state index is -2.83. The lowest BCUT2D eigenvalue weighted by Gasteiger charge is -2.34. The Morgan fingerprint density at radius 1 is 1.43 bits per heavy atom. The fourth-order valence-electron chi connectivity index (χ4n) is 1.11. The van der Waals surface area contributed by atoms with Crippen LogP contribution in [0.3, 0.4) is 0 Å². The second-order valence-electron chi connectivity index (χ2n) is 4.62. The molecule has 14 heavy (non-hydrogen) atoms. The van der Waals surface area contributed by atoms with E-state index in [1.807, 2.05) is 33.8 Å². The summed E-state index contributed by atoms with van der Waals surface area (Å²) in [6, 6.07) is 0. The van der Waals surface area contributed by atoms with Crippen LogP contribution in [0.15, 0.2) is 11.6 Å². The van der Waals surface area contributed by atoms with E-state index in [1.165, 1.54) is 0 Å². The van der Waals surface area contributed by atoms with Crippen molar-refractivity contribution in [1.82, 2.24) is 0 Å². The topological polar surface area (TPSA) is 35.5 Å². The summed E-state index contributed by atoms with van der Waals surface area (Å²) in [5.74, 6) is 0. The molecule has 0 aromatic heterocycles. The summed E-state index contributed by atoms with van der Waals surface area (Å²) >= 11 is 0. The molecule has 82 valence electrons. The Morgan fingerprint density at radius 2 is 1.93 bits per heavy atom. The molecule has 1 fully saturated rings. The first-order valence-corrected chi connectivity index (χ1v) is 6.60. The number of allylic oxidation sites excluding steroid dienone is 2. The molecule has 0 unspecified atom stereocenters. The maximum absolute atomic E-state index is 12.0. The Labute approximate surface area is 86.0 Å². The summed E-state index contributed by atoms with van der Waals surface area (Å²) in [7, 11) is -2.83. The van der Waals surface area contributed by atoms with Crippen LogP contribution >= 0.6 is 7.60 Å². The molecular formula is C10H19O3P. The Hall–Kier alpha value is -0.110. The van der Waals surface area contributed by atoms with Gasteiger partial charge in [0.25, 0.3) is 0 Å². The van der Waals surface area contributed by atoms with Gasteiger partial charge in [0.2, 0.25) is 0 Å². The van der Waals surface area contributed by atoms with Crippen molar-refractivity contribution in [3.63, 3.8) is 0 Å². The molecule has 0 amide bonds. The van der Waals surface area contributed by atoms with E-state index < -0.39 is 7.60 Å². The van der Waals surface area contributed by atoms with Crippen molar-refractivity contribution < 1.29 is 13.6 Å². The standard InChI is InChI=1S/C10H19O3P/c1-5-9(2)6-14(11)12-7-10(3,4)8-13-14/h5H,6-8H2,1-4H3. The van der Waals surface area contributed by atoms with Crippen molar-refractivity contribution in [3.05, 3.63) is 11.6 Å². The lowest BCUT2D eigenvalue weighted by atomic mass is 9.97.